The number of hydrogen-bond acceptors (Lipinski definition) is 6. The van der Waals surface area contributed by atoms with Crippen molar-refractivity contribution in [3.05, 3.63) is 59.8 Å². The molecule has 4 rings (SSSR count). The third-order valence-electron chi connectivity index (χ3n) is 5.78. The second-order valence-corrected chi connectivity index (χ2v) is 8.58. The standard InChI is InChI=1S/C24H25F5N8O/c1-3-14-8-15(4-5-16(14)23(38)33-13(2)9-30)34-21-22-32-10-18(37(22)7-6-31-21)17-11-36(12-19(25)26)35-20(17)24(27,28)29/h4-8,10-11,13,19H,3,9,12,30H2,1-2H3,(H,31,34)(H,33,38). The number of benzene rings is 1. The summed E-state index contributed by atoms with van der Waals surface area (Å²) >= 11 is 0. The highest BCUT2D eigenvalue weighted by Gasteiger charge is 2.38. The number of aryl methyl sites for hydroxylation is 1. The number of fused-ring (bicyclic) bond motifs is 1. The van der Waals surface area contributed by atoms with Gasteiger partial charge in [0.1, 0.15) is 6.54 Å². The maximum atomic E-state index is 13.7. The molecule has 4 aromatic rings. The number of nitrogens with one attached hydrogen (secondary N) is 2. The van der Waals surface area contributed by atoms with E-state index >= 15 is 0 Å². The smallest absolute Gasteiger partial charge is 0.348 e. The number of hydrogen-bond donors (Lipinski definition) is 3. The van der Waals surface area contributed by atoms with Crippen molar-refractivity contribution in [1.82, 2.24) is 29.5 Å². The van der Waals surface area contributed by atoms with Gasteiger partial charge >= 0.3 is 6.18 Å². The molecule has 3 heterocycles. The van der Waals surface area contributed by atoms with Crippen molar-refractivity contribution in [3.8, 4) is 11.3 Å². The third-order valence-corrected chi connectivity index (χ3v) is 5.78. The van der Waals surface area contributed by atoms with Crippen LogP contribution in [0, 0.1) is 0 Å². The minimum atomic E-state index is -4.87. The first kappa shape index (κ1) is 27.0. The van der Waals surface area contributed by atoms with Crippen molar-refractivity contribution < 1.29 is 26.7 Å². The molecule has 3 aromatic heterocycles. The number of amides is 1. The van der Waals surface area contributed by atoms with Crippen LogP contribution in [-0.2, 0) is 19.1 Å². The summed E-state index contributed by atoms with van der Waals surface area (Å²) < 4.78 is 68.5. The molecule has 0 bridgehead atoms. The summed E-state index contributed by atoms with van der Waals surface area (Å²) in [4.78, 5) is 21.1. The zero-order chi connectivity index (χ0) is 27.6. The molecule has 0 aliphatic rings. The molecule has 0 saturated carbocycles. The molecule has 0 saturated heterocycles. The molecule has 14 heteroatoms. The first-order valence-corrected chi connectivity index (χ1v) is 11.7. The Morgan fingerprint density at radius 1 is 1.21 bits per heavy atom. The number of nitrogens with zero attached hydrogens (tertiary/aromatic N) is 5. The number of alkyl halides is 5. The summed E-state index contributed by atoms with van der Waals surface area (Å²) in [5, 5.41) is 9.25. The third kappa shape index (κ3) is 5.59. The van der Waals surface area contributed by atoms with Crippen LogP contribution in [0.3, 0.4) is 0 Å². The highest BCUT2D eigenvalue weighted by atomic mass is 19.4. The van der Waals surface area contributed by atoms with Crippen LogP contribution in [0.4, 0.5) is 33.5 Å². The van der Waals surface area contributed by atoms with E-state index in [1.807, 2.05) is 6.92 Å². The molecule has 1 unspecified atom stereocenters. The summed E-state index contributed by atoms with van der Waals surface area (Å²) in [5.41, 5.74) is 5.94. The van der Waals surface area contributed by atoms with E-state index in [4.69, 9.17) is 5.73 Å². The van der Waals surface area contributed by atoms with E-state index in [2.05, 4.69) is 25.7 Å². The van der Waals surface area contributed by atoms with Crippen molar-refractivity contribution in [1.29, 1.82) is 0 Å². The zero-order valence-electron chi connectivity index (χ0n) is 20.4. The van der Waals surface area contributed by atoms with Gasteiger partial charge in [0, 0.05) is 42.4 Å². The van der Waals surface area contributed by atoms with Crippen molar-refractivity contribution in [2.75, 3.05) is 11.9 Å². The van der Waals surface area contributed by atoms with E-state index in [1.54, 1.807) is 25.1 Å². The van der Waals surface area contributed by atoms with Crippen LogP contribution in [0.5, 0.6) is 0 Å². The second kappa shape index (κ2) is 10.7. The largest absolute Gasteiger partial charge is 0.435 e. The van der Waals surface area contributed by atoms with Gasteiger partial charge in [-0.15, -0.1) is 0 Å². The number of halogens is 5. The normalized spacial score (nSPS) is 12.8. The average molecular weight is 537 g/mol. The van der Waals surface area contributed by atoms with Crippen LogP contribution in [0.25, 0.3) is 16.9 Å². The van der Waals surface area contributed by atoms with Crippen molar-refractivity contribution in [2.45, 2.75) is 45.5 Å². The molecule has 4 N–H and O–H groups in total. The Labute approximate surface area is 213 Å². The molecule has 0 fully saturated rings. The molecular formula is C24H25F5N8O. The maximum Gasteiger partial charge on any atom is 0.435 e. The number of aromatic nitrogens is 5. The van der Waals surface area contributed by atoms with Crippen LogP contribution in [0.15, 0.2) is 43.0 Å². The summed E-state index contributed by atoms with van der Waals surface area (Å²) in [6.07, 6.45) is -2.28. The number of nitrogens with two attached hydrogens (primary N) is 1. The number of rotatable bonds is 9. The Bertz CT molecular complexity index is 1450. The van der Waals surface area contributed by atoms with Gasteiger partial charge in [0.05, 0.1) is 17.5 Å². The summed E-state index contributed by atoms with van der Waals surface area (Å²) in [6, 6.07) is 4.91. The number of imidazole rings is 1. The molecule has 9 nitrogen and oxygen atoms in total. The van der Waals surface area contributed by atoms with Crippen molar-refractivity contribution in [3.63, 3.8) is 0 Å². The van der Waals surface area contributed by atoms with Gasteiger partial charge in [0.15, 0.2) is 17.2 Å². The zero-order valence-corrected chi connectivity index (χ0v) is 20.4. The van der Waals surface area contributed by atoms with Gasteiger partial charge < -0.3 is 16.4 Å². The first-order valence-electron chi connectivity index (χ1n) is 11.7. The molecule has 202 valence electrons. The first-order chi connectivity index (χ1) is 18.0. The van der Waals surface area contributed by atoms with Gasteiger partial charge in [-0.1, -0.05) is 6.92 Å². The van der Waals surface area contributed by atoms with Crippen LogP contribution in [0.2, 0.25) is 0 Å². The fourth-order valence-corrected chi connectivity index (χ4v) is 3.94. The predicted molar refractivity (Wildman–Crippen MR) is 130 cm³/mol. The van der Waals surface area contributed by atoms with E-state index in [-0.39, 0.29) is 29.1 Å². The highest BCUT2D eigenvalue weighted by Crippen LogP contribution is 2.37. The topological polar surface area (TPSA) is 115 Å². The second-order valence-electron chi connectivity index (χ2n) is 8.58. The molecule has 38 heavy (non-hydrogen) atoms. The molecule has 1 amide bonds. The van der Waals surface area contributed by atoms with E-state index in [9.17, 15) is 26.7 Å². The minimum absolute atomic E-state index is 0.00795. The molecular weight excluding hydrogens is 511 g/mol. The quantitative estimate of drug-likeness (QED) is 0.276. The van der Waals surface area contributed by atoms with Crippen molar-refractivity contribution >= 4 is 23.1 Å². The molecule has 1 atom stereocenters. The Balaban J connectivity index is 1.69. The number of anilines is 2. The number of carbonyl (C=O) groups excluding carboxylic acids is 1. The molecule has 1 aromatic carbocycles. The van der Waals surface area contributed by atoms with E-state index in [0.717, 1.165) is 11.8 Å². The lowest BCUT2D eigenvalue weighted by molar-refractivity contribution is -0.141. The van der Waals surface area contributed by atoms with E-state index < -0.39 is 30.4 Å². The van der Waals surface area contributed by atoms with E-state index in [0.29, 0.717) is 28.9 Å². The minimum Gasteiger partial charge on any atom is -0.348 e. The average Bonchev–Trinajstić information content (AvgIpc) is 3.48. The summed E-state index contributed by atoms with van der Waals surface area (Å²) in [7, 11) is 0. The van der Waals surface area contributed by atoms with Crippen LogP contribution in [0.1, 0.15) is 35.5 Å². The lowest BCUT2D eigenvalue weighted by atomic mass is 10.0. The lowest BCUT2D eigenvalue weighted by Gasteiger charge is -2.15. The van der Waals surface area contributed by atoms with Gasteiger partial charge in [0.2, 0.25) is 0 Å². The van der Waals surface area contributed by atoms with E-state index in [1.165, 1.54) is 23.0 Å². The maximum absolute atomic E-state index is 13.7. The van der Waals surface area contributed by atoms with Crippen LogP contribution < -0.4 is 16.4 Å². The highest BCUT2D eigenvalue weighted by molar-refractivity contribution is 5.96. The molecule has 0 aliphatic carbocycles. The van der Waals surface area contributed by atoms with Gasteiger partial charge in [-0.2, -0.15) is 18.3 Å². The molecule has 0 spiro atoms. The lowest BCUT2D eigenvalue weighted by Crippen LogP contribution is -2.38. The summed E-state index contributed by atoms with van der Waals surface area (Å²) in [6.45, 7) is 3.01. The van der Waals surface area contributed by atoms with Gasteiger partial charge in [-0.3, -0.25) is 13.9 Å². The molecule has 0 aliphatic heterocycles. The van der Waals surface area contributed by atoms with Gasteiger partial charge in [-0.05, 0) is 37.1 Å². The SMILES string of the molecule is CCc1cc(Nc2nccn3c(-c4cn(CC(F)F)nc4C(F)(F)F)cnc23)ccc1C(=O)NC(C)CN. The van der Waals surface area contributed by atoms with Crippen molar-refractivity contribution in [2.24, 2.45) is 5.73 Å². The fourth-order valence-electron chi connectivity index (χ4n) is 3.94. The van der Waals surface area contributed by atoms with Gasteiger partial charge in [0.25, 0.3) is 12.3 Å². The Morgan fingerprint density at radius 3 is 2.63 bits per heavy atom. The van der Waals surface area contributed by atoms with Crippen LogP contribution >= 0.6 is 0 Å². The molecule has 0 radical (unpaired) electrons. The Hall–Kier alpha value is -4.07. The number of carbonyl (C=O) groups is 1. The predicted octanol–water partition coefficient (Wildman–Crippen LogP) is 4.26. The summed E-state index contributed by atoms with van der Waals surface area (Å²) in [5.74, 6) is -0.0133. The fraction of sp³-hybridized carbons (Fsp3) is 0.333. The monoisotopic (exact) mass is 536 g/mol. The van der Waals surface area contributed by atoms with Gasteiger partial charge in [-0.25, -0.2) is 18.7 Å². The Kier molecular flexibility index (Phi) is 7.62. The Morgan fingerprint density at radius 2 is 1.97 bits per heavy atom. The van der Waals surface area contributed by atoms with Crippen LogP contribution in [-0.4, -0.2) is 49.1 Å².